The molecule has 3 aromatic heterocycles. The fourth-order valence-corrected chi connectivity index (χ4v) is 4.13. The molecule has 2 unspecified atom stereocenters. The monoisotopic (exact) mass is 422 g/mol. The summed E-state index contributed by atoms with van der Waals surface area (Å²) in [6.45, 7) is 5.43. The molecule has 0 bridgehead atoms. The number of H-pyrrole nitrogens is 1. The van der Waals surface area contributed by atoms with Gasteiger partial charge >= 0.3 is 6.18 Å². The summed E-state index contributed by atoms with van der Waals surface area (Å²) < 4.78 is 41.0. The molecule has 0 aromatic carbocycles. The van der Waals surface area contributed by atoms with Crippen LogP contribution >= 0.6 is 0 Å². The second-order valence-electron chi connectivity index (χ2n) is 8.36. The first-order valence-corrected chi connectivity index (χ1v) is 10.1. The van der Waals surface area contributed by atoms with E-state index in [4.69, 9.17) is 5.73 Å². The van der Waals surface area contributed by atoms with Gasteiger partial charge in [0.15, 0.2) is 5.65 Å². The minimum absolute atomic E-state index is 0. The molecule has 9 heteroatoms. The molecule has 4 rings (SSSR count). The average molecular weight is 422 g/mol. The summed E-state index contributed by atoms with van der Waals surface area (Å²) in [5, 5.41) is 7.53. The lowest BCUT2D eigenvalue weighted by molar-refractivity contribution is -0.137. The third-order valence-corrected chi connectivity index (χ3v) is 5.62. The van der Waals surface area contributed by atoms with Crippen molar-refractivity contribution in [2.75, 3.05) is 18.0 Å². The number of hydrogen-bond donors (Lipinski definition) is 2. The van der Waals surface area contributed by atoms with E-state index in [0.717, 1.165) is 25.0 Å². The lowest BCUT2D eigenvalue weighted by Crippen LogP contribution is -2.48. The van der Waals surface area contributed by atoms with Crippen LogP contribution in [0.25, 0.3) is 22.4 Å². The minimum Gasteiger partial charge on any atom is -0.356 e. The number of piperidine rings is 1. The highest BCUT2D eigenvalue weighted by atomic mass is 19.4. The van der Waals surface area contributed by atoms with Crippen molar-refractivity contribution in [2.45, 2.75) is 38.9 Å². The SMILES string of the molecule is CC(C)CC1CN(c2cc(C(F)(F)F)cc(-c3[nH]nc4ncccc34)n2)CCC1N.[HH].[HH]. The molecule has 164 valence electrons. The van der Waals surface area contributed by atoms with Crippen LogP contribution in [0.15, 0.2) is 30.5 Å². The molecule has 0 aliphatic carbocycles. The first-order chi connectivity index (χ1) is 14.2. The van der Waals surface area contributed by atoms with Gasteiger partial charge in [0.2, 0.25) is 0 Å². The Balaban J connectivity index is 0.00000181. The number of aromatic nitrogens is 4. The summed E-state index contributed by atoms with van der Waals surface area (Å²) in [5.74, 6) is 0.998. The molecule has 4 heterocycles. The number of nitrogens with zero attached hydrogens (tertiary/aromatic N) is 4. The van der Waals surface area contributed by atoms with Crippen LogP contribution in [0.3, 0.4) is 0 Å². The average Bonchev–Trinajstić information content (AvgIpc) is 3.12. The van der Waals surface area contributed by atoms with Gasteiger partial charge in [-0.3, -0.25) is 5.10 Å². The van der Waals surface area contributed by atoms with Crippen molar-refractivity contribution in [3.8, 4) is 11.4 Å². The van der Waals surface area contributed by atoms with Crippen molar-refractivity contribution in [3.05, 3.63) is 36.0 Å². The fraction of sp³-hybridized carbons (Fsp3) is 0.476. The number of nitrogens with two attached hydrogens (primary N) is 1. The molecule has 30 heavy (non-hydrogen) atoms. The van der Waals surface area contributed by atoms with Gasteiger partial charge in [-0.2, -0.15) is 18.3 Å². The van der Waals surface area contributed by atoms with Crippen molar-refractivity contribution >= 4 is 16.9 Å². The molecule has 2 atom stereocenters. The van der Waals surface area contributed by atoms with Gasteiger partial charge < -0.3 is 10.6 Å². The Morgan fingerprint density at radius 2 is 2.13 bits per heavy atom. The quantitative estimate of drug-likeness (QED) is 0.635. The Kier molecular flexibility index (Phi) is 5.40. The van der Waals surface area contributed by atoms with Crippen molar-refractivity contribution in [1.82, 2.24) is 20.2 Å². The lowest BCUT2D eigenvalue weighted by Gasteiger charge is -2.38. The van der Waals surface area contributed by atoms with Crippen molar-refractivity contribution < 1.29 is 16.0 Å². The van der Waals surface area contributed by atoms with E-state index in [0.29, 0.717) is 41.6 Å². The molecule has 0 spiro atoms. The largest absolute Gasteiger partial charge is 0.416 e. The Hall–Kier alpha value is -2.68. The van der Waals surface area contributed by atoms with Crippen LogP contribution in [0.1, 0.15) is 35.1 Å². The van der Waals surface area contributed by atoms with E-state index in [1.165, 1.54) is 0 Å². The highest BCUT2D eigenvalue weighted by molar-refractivity contribution is 5.89. The Bertz CT molecular complexity index is 1040. The summed E-state index contributed by atoms with van der Waals surface area (Å²) in [4.78, 5) is 10.7. The summed E-state index contributed by atoms with van der Waals surface area (Å²) >= 11 is 0. The lowest BCUT2D eigenvalue weighted by atomic mass is 9.86. The first-order valence-electron chi connectivity index (χ1n) is 10.1. The molecule has 1 fully saturated rings. The molecule has 3 N–H and O–H groups in total. The zero-order valence-corrected chi connectivity index (χ0v) is 16.9. The molecule has 0 amide bonds. The predicted octanol–water partition coefficient (Wildman–Crippen LogP) is 4.73. The number of nitrogens with one attached hydrogen (secondary N) is 1. The van der Waals surface area contributed by atoms with Crippen LogP contribution in [0.2, 0.25) is 0 Å². The fourth-order valence-electron chi connectivity index (χ4n) is 4.13. The van der Waals surface area contributed by atoms with Crippen molar-refractivity contribution in [2.24, 2.45) is 17.6 Å². The van der Waals surface area contributed by atoms with Gasteiger partial charge in [0.05, 0.1) is 17.0 Å². The van der Waals surface area contributed by atoms with E-state index in [1.54, 1.807) is 18.3 Å². The second-order valence-corrected chi connectivity index (χ2v) is 8.36. The highest BCUT2D eigenvalue weighted by Crippen LogP contribution is 2.36. The van der Waals surface area contributed by atoms with Crippen LogP contribution in [0, 0.1) is 11.8 Å². The summed E-state index contributed by atoms with van der Waals surface area (Å²) in [7, 11) is 0. The summed E-state index contributed by atoms with van der Waals surface area (Å²) in [6.07, 6.45) is -1.24. The maximum atomic E-state index is 13.7. The molecular weight excluding hydrogens is 393 g/mol. The molecule has 1 aliphatic heterocycles. The van der Waals surface area contributed by atoms with E-state index in [9.17, 15) is 13.2 Å². The number of halogens is 3. The van der Waals surface area contributed by atoms with Gasteiger partial charge in [-0.15, -0.1) is 0 Å². The number of pyridine rings is 2. The maximum absolute atomic E-state index is 13.7. The summed E-state index contributed by atoms with van der Waals surface area (Å²) in [6, 6.07) is 5.73. The standard InChI is InChI=1S/C21H25F3N6.2H2/c1-12(2)8-13-11-30(7-5-16(13)25)18-10-14(21(22,23)24)9-17(27-18)19-15-4-3-6-26-20(15)29-28-19;;/h3-4,6,9-10,12-13,16H,5,7-8,11,25H2,1-2H3,(H,26,28,29);2*1H. The molecule has 1 aliphatic rings. The van der Waals surface area contributed by atoms with Crippen LogP contribution in [-0.4, -0.2) is 39.3 Å². The van der Waals surface area contributed by atoms with Gasteiger partial charge in [0.25, 0.3) is 0 Å². The minimum atomic E-state index is -4.48. The van der Waals surface area contributed by atoms with Crippen molar-refractivity contribution in [3.63, 3.8) is 0 Å². The molecule has 1 saturated heterocycles. The van der Waals surface area contributed by atoms with Crippen LogP contribution in [0.4, 0.5) is 19.0 Å². The first kappa shape index (κ1) is 20.6. The number of alkyl halides is 3. The topological polar surface area (TPSA) is 83.7 Å². The summed E-state index contributed by atoms with van der Waals surface area (Å²) in [5.41, 5.74) is 6.62. The molecule has 3 aromatic rings. The van der Waals surface area contributed by atoms with Gasteiger partial charge in [-0.1, -0.05) is 13.8 Å². The number of rotatable bonds is 4. The third-order valence-electron chi connectivity index (χ3n) is 5.62. The van der Waals surface area contributed by atoms with E-state index in [-0.39, 0.29) is 20.5 Å². The Morgan fingerprint density at radius 1 is 1.33 bits per heavy atom. The number of anilines is 1. The molecule has 6 nitrogen and oxygen atoms in total. The third kappa shape index (κ3) is 4.12. The maximum Gasteiger partial charge on any atom is 0.416 e. The van der Waals surface area contributed by atoms with Gasteiger partial charge in [-0.25, -0.2) is 9.97 Å². The normalized spacial score (nSPS) is 20.3. The van der Waals surface area contributed by atoms with Gasteiger partial charge in [-0.05, 0) is 48.9 Å². The zero-order valence-electron chi connectivity index (χ0n) is 16.9. The van der Waals surface area contributed by atoms with E-state index < -0.39 is 11.7 Å². The molecule has 0 saturated carbocycles. The second kappa shape index (κ2) is 7.86. The van der Waals surface area contributed by atoms with E-state index >= 15 is 0 Å². The highest BCUT2D eigenvalue weighted by Gasteiger charge is 2.34. The van der Waals surface area contributed by atoms with Crippen LogP contribution in [-0.2, 0) is 6.18 Å². The van der Waals surface area contributed by atoms with Crippen LogP contribution < -0.4 is 10.6 Å². The Morgan fingerprint density at radius 3 is 2.87 bits per heavy atom. The van der Waals surface area contributed by atoms with Gasteiger partial charge in [0, 0.05) is 33.6 Å². The molecular formula is C21H29F3N6. The van der Waals surface area contributed by atoms with E-state index in [2.05, 4.69) is 34.0 Å². The number of fused-ring (bicyclic) bond motifs is 1. The van der Waals surface area contributed by atoms with E-state index in [1.807, 2.05) is 4.90 Å². The van der Waals surface area contributed by atoms with Gasteiger partial charge in [0.1, 0.15) is 5.82 Å². The smallest absolute Gasteiger partial charge is 0.356 e. The van der Waals surface area contributed by atoms with Crippen molar-refractivity contribution in [1.29, 1.82) is 0 Å². The Labute approximate surface area is 175 Å². The zero-order chi connectivity index (χ0) is 21.5. The number of aromatic amines is 1. The predicted molar refractivity (Wildman–Crippen MR) is 114 cm³/mol. The van der Waals surface area contributed by atoms with Crippen LogP contribution in [0.5, 0.6) is 0 Å². The molecule has 0 radical (unpaired) electrons. The number of hydrogen-bond acceptors (Lipinski definition) is 5.